The van der Waals surface area contributed by atoms with E-state index in [0.29, 0.717) is 34.0 Å². The summed E-state index contributed by atoms with van der Waals surface area (Å²) in [7, 11) is 2.89. The Balaban J connectivity index is 1.76. The Bertz CT molecular complexity index is 1130. The van der Waals surface area contributed by atoms with Crippen LogP contribution in [0.1, 0.15) is 49.3 Å². The molecule has 0 spiro atoms. The van der Waals surface area contributed by atoms with E-state index in [2.05, 4.69) is 41.3 Å². The molecule has 4 rings (SSSR count). The number of hydrogen-bond donors (Lipinski definition) is 1. The van der Waals surface area contributed by atoms with Gasteiger partial charge in [0, 0.05) is 53.9 Å². The zero-order valence-electron chi connectivity index (χ0n) is 18.5. The third kappa shape index (κ3) is 4.63. The second kappa shape index (κ2) is 8.91. The molecule has 0 aliphatic carbocycles. The van der Waals surface area contributed by atoms with Crippen LogP contribution in [0.15, 0.2) is 48.9 Å². The lowest BCUT2D eigenvalue weighted by Gasteiger charge is -2.24. The average Bonchev–Trinajstić information content (AvgIpc) is 3.14. The minimum Gasteiger partial charge on any atom is -0.354 e. The average molecular weight is 451 g/mol. The quantitative estimate of drug-likeness (QED) is 0.559. The number of pyridine rings is 1. The van der Waals surface area contributed by atoms with E-state index < -0.39 is 0 Å². The molecule has 3 heterocycles. The molecule has 0 radical (unpaired) electrons. The highest BCUT2D eigenvalue weighted by Gasteiger charge is 2.32. The summed E-state index contributed by atoms with van der Waals surface area (Å²) in [6.07, 6.45) is 5.67. The molecule has 1 fully saturated rings. The Morgan fingerprint density at radius 3 is 2.50 bits per heavy atom. The van der Waals surface area contributed by atoms with E-state index in [-0.39, 0.29) is 22.8 Å². The highest BCUT2D eigenvalue weighted by Crippen LogP contribution is 2.40. The summed E-state index contributed by atoms with van der Waals surface area (Å²) in [6, 6.07) is 8.26. The van der Waals surface area contributed by atoms with Gasteiger partial charge in [-0.15, -0.1) is 9.24 Å². The minimum absolute atomic E-state index is 0.0531. The summed E-state index contributed by atoms with van der Waals surface area (Å²) < 4.78 is 14.7. The molecule has 8 heteroatoms. The molecule has 3 aromatic rings. The Hall–Kier alpha value is -2.92. The van der Waals surface area contributed by atoms with Crippen LogP contribution in [0.4, 0.5) is 15.9 Å². The van der Waals surface area contributed by atoms with Gasteiger partial charge in [-0.05, 0) is 18.6 Å². The zero-order chi connectivity index (χ0) is 22.9. The first-order chi connectivity index (χ1) is 15.2. The molecule has 1 saturated heterocycles. The van der Waals surface area contributed by atoms with Crippen molar-refractivity contribution in [3.05, 3.63) is 66.1 Å². The van der Waals surface area contributed by atoms with Crippen LogP contribution in [-0.2, 0) is 0 Å². The van der Waals surface area contributed by atoms with Crippen molar-refractivity contribution in [2.24, 2.45) is 0 Å². The predicted molar refractivity (Wildman–Crippen MR) is 129 cm³/mol. The van der Waals surface area contributed by atoms with E-state index in [9.17, 15) is 9.18 Å². The Morgan fingerprint density at radius 2 is 1.88 bits per heavy atom. The SMILES string of the molecule is CC(C)c1ncc(C(=O)Nc2c(-c3ccccc3F)ccnc2N2CCC(C)(P)C2)cn1. The number of rotatable bonds is 5. The molecule has 1 aliphatic rings. The molecule has 1 amide bonds. The predicted octanol–water partition coefficient (Wildman–Crippen LogP) is 4.90. The van der Waals surface area contributed by atoms with Gasteiger partial charge < -0.3 is 10.2 Å². The van der Waals surface area contributed by atoms with Crippen molar-refractivity contribution in [3.8, 4) is 11.1 Å². The third-order valence-electron chi connectivity index (χ3n) is 5.59. The largest absolute Gasteiger partial charge is 0.354 e. The van der Waals surface area contributed by atoms with Gasteiger partial charge in [-0.25, -0.2) is 19.3 Å². The number of halogens is 1. The van der Waals surface area contributed by atoms with Gasteiger partial charge in [0.1, 0.15) is 11.6 Å². The molecule has 0 saturated carbocycles. The lowest BCUT2D eigenvalue weighted by Crippen LogP contribution is -2.27. The van der Waals surface area contributed by atoms with Crippen LogP contribution in [-0.4, -0.2) is 39.1 Å². The third-order valence-corrected chi connectivity index (χ3v) is 6.06. The van der Waals surface area contributed by atoms with Crippen molar-refractivity contribution >= 4 is 26.7 Å². The molecular formula is C24H27FN5OP. The summed E-state index contributed by atoms with van der Waals surface area (Å²) >= 11 is 0. The topological polar surface area (TPSA) is 71.0 Å². The van der Waals surface area contributed by atoms with E-state index in [1.54, 1.807) is 30.5 Å². The number of nitrogens with zero attached hydrogens (tertiary/aromatic N) is 4. The Morgan fingerprint density at radius 1 is 1.16 bits per heavy atom. The molecule has 32 heavy (non-hydrogen) atoms. The fourth-order valence-electron chi connectivity index (χ4n) is 3.82. The van der Waals surface area contributed by atoms with Crippen LogP contribution in [0, 0.1) is 5.82 Å². The van der Waals surface area contributed by atoms with Gasteiger partial charge in [0.2, 0.25) is 0 Å². The number of carbonyl (C=O) groups excluding carboxylic acids is 1. The van der Waals surface area contributed by atoms with Crippen molar-refractivity contribution in [2.45, 2.75) is 38.3 Å². The van der Waals surface area contributed by atoms with Gasteiger partial charge in [0.15, 0.2) is 5.82 Å². The summed E-state index contributed by atoms with van der Waals surface area (Å²) in [5, 5.41) is 3.03. The van der Waals surface area contributed by atoms with Crippen LogP contribution < -0.4 is 10.2 Å². The van der Waals surface area contributed by atoms with Gasteiger partial charge in [-0.2, -0.15) is 0 Å². The molecular weight excluding hydrogens is 424 g/mol. The number of hydrogen-bond acceptors (Lipinski definition) is 5. The first kappa shape index (κ1) is 22.3. The van der Waals surface area contributed by atoms with Gasteiger partial charge >= 0.3 is 0 Å². The fourth-order valence-corrected chi connectivity index (χ4v) is 4.17. The second-order valence-corrected chi connectivity index (χ2v) is 10.2. The second-order valence-electron chi connectivity index (χ2n) is 8.80. The molecule has 1 aromatic carbocycles. The van der Waals surface area contributed by atoms with E-state index in [4.69, 9.17) is 0 Å². The molecule has 166 valence electrons. The van der Waals surface area contributed by atoms with E-state index >= 15 is 0 Å². The smallest absolute Gasteiger partial charge is 0.258 e. The maximum absolute atomic E-state index is 14.7. The molecule has 2 unspecified atom stereocenters. The number of carbonyl (C=O) groups is 1. The fraction of sp³-hybridized carbons (Fsp3) is 0.333. The number of amides is 1. The van der Waals surface area contributed by atoms with E-state index in [1.165, 1.54) is 18.5 Å². The maximum atomic E-state index is 14.7. The first-order valence-electron chi connectivity index (χ1n) is 10.7. The van der Waals surface area contributed by atoms with Gasteiger partial charge in [-0.1, -0.05) is 39.0 Å². The summed E-state index contributed by atoms with van der Waals surface area (Å²) in [4.78, 5) is 28.4. The van der Waals surface area contributed by atoms with Crippen molar-refractivity contribution in [3.63, 3.8) is 0 Å². The number of nitrogens with one attached hydrogen (secondary N) is 1. The van der Waals surface area contributed by atoms with Crippen LogP contribution in [0.2, 0.25) is 0 Å². The van der Waals surface area contributed by atoms with Gasteiger partial charge in [0.25, 0.3) is 5.91 Å². The molecule has 1 N–H and O–H groups in total. The molecule has 2 aromatic heterocycles. The van der Waals surface area contributed by atoms with Gasteiger partial charge in [0.05, 0.1) is 11.3 Å². The van der Waals surface area contributed by atoms with Crippen LogP contribution >= 0.6 is 9.24 Å². The highest BCUT2D eigenvalue weighted by molar-refractivity contribution is 7.19. The lowest BCUT2D eigenvalue weighted by molar-refractivity contribution is 0.102. The standard InChI is InChI=1S/C24H27FN5OP/c1-15(2)21-27-12-16(13-28-21)23(31)29-20-18(17-6-4-5-7-19(17)25)8-10-26-22(20)30-11-9-24(3,32)14-30/h4-8,10,12-13,15H,9,11,14,32H2,1-3H3,(H,29,31). The summed E-state index contributed by atoms with van der Waals surface area (Å²) in [5.41, 5.74) is 1.81. The summed E-state index contributed by atoms with van der Waals surface area (Å²) in [6.45, 7) is 7.72. The number of benzene rings is 1. The Kier molecular flexibility index (Phi) is 6.20. The Labute approximate surface area is 189 Å². The van der Waals surface area contributed by atoms with Crippen LogP contribution in [0.3, 0.4) is 0 Å². The van der Waals surface area contributed by atoms with Crippen molar-refractivity contribution in [1.29, 1.82) is 0 Å². The number of aromatic nitrogens is 3. The van der Waals surface area contributed by atoms with Crippen molar-refractivity contribution in [2.75, 3.05) is 23.3 Å². The first-order valence-corrected chi connectivity index (χ1v) is 11.2. The van der Waals surface area contributed by atoms with Crippen LogP contribution in [0.25, 0.3) is 11.1 Å². The van der Waals surface area contributed by atoms with E-state index in [0.717, 1.165) is 19.5 Å². The highest BCUT2D eigenvalue weighted by atomic mass is 31.0. The molecule has 1 aliphatic heterocycles. The van der Waals surface area contributed by atoms with Crippen molar-refractivity contribution in [1.82, 2.24) is 15.0 Å². The maximum Gasteiger partial charge on any atom is 0.258 e. The molecule has 6 nitrogen and oxygen atoms in total. The van der Waals surface area contributed by atoms with Crippen molar-refractivity contribution < 1.29 is 9.18 Å². The lowest BCUT2D eigenvalue weighted by atomic mass is 10.0. The van der Waals surface area contributed by atoms with Crippen LogP contribution in [0.5, 0.6) is 0 Å². The van der Waals surface area contributed by atoms with E-state index in [1.807, 2.05) is 13.8 Å². The monoisotopic (exact) mass is 451 g/mol. The molecule has 2 atom stereocenters. The zero-order valence-corrected chi connectivity index (χ0v) is 19.6. The minimum atomic E-state index is -0.361. The number of anilines is 2. The summed E-state index contributed by atoms with van der Waals surface area (Å²) in [5.74, 6) is 0.751. The molecule has 0 bridgehead atoms. The van der Waals surface area contributed by atoms with Gasteiger partial charge in [-0.3, -0.25) is 4.79 Å². The normalized spacial score (nSPS) is 18.2.